The summed E-state index contributed by atoms with van der Waals surface area (Å²) in [5.41, 5.74) is 2.29. The van der Waals surface area contributed by atoms with Gasteiger partial charge >= 0.3 is 0 Å². The smallest absolute Gasteiger partial charge is 0.295 e. The maximum absolute atomic E-state index is 13.6. The molecular formula is C25H21FN2O4. The number of aliphatic hydroxyl groups is 1. The zero-order chi connectivity index (χ0) is 22.8. The van der Waals surface area contributed by atoms with Crippen LogP contribution in [0, 0.1) is 12.7 Å². The largest absolute Gasteiger partial charge is 0.507 e. The zero-order valence-electron chi connectivity index (χ0n) is 17.6. The first-order chi connectivity index (χ1) is 15.4. The van der Waals surface area contributed by atoms with Crippen LogP contribution in [0.25, 0.3) is 5.76 Å². The zero-order valence-corrected chi connectivity index (χ0v) is 17.6. The Kier molecular flexibility index (Phi) is 5.73. The molecule has 4 rings (SSSR count). The number of rotatable bonds is 5. The molecule has 2 heterocycles. The quantitative estimate of drug-likeness (QED) is 0.372. The molecule has 6 nitrogen and oxygen atoms in total. The summed E-state index contributed by atoms with van der Waals surface area (Å²) >= 11 is 0. The van der Waals surface area contributed by atoms with Gasteiger partial charge in [-0.25, -0.2) is 4.39 Å². The van der Waals surface area contributed by atoms with Gasteiger partial charge < -0.3 is 14.7 Å². The third-order valence-electron chi connectivity index (χ3n) is 5.49. The maximum atomic E-state index is 13.6. The molecule has 0 spiro atoms. The highest BCUT2D eigenvalue weighted by Crippen LogP contribution is 2.41. The van der Waals surface area contributed by atoms with Crippen LogP contribution in [0.2, 0.25) is 0 Å². The van der Waals surface area contributed by atoms with E-state index in [1.165, 1.54) is 36.3 Å². The highest BCUT2D eigenvalue weighted by molar-refractivity contribution is 6.46. The lowest BCUT2D eigenvalue weighted by atomic mass is 9.93. The normalized spacial score (nSPS) is 17.6. The maximum Gasteiger partial charge on any atom is 0.295 e. The van der Waals surface area contributed by atoms with Gasteiger partial charge in [-0.05, 0) is 60.0 Å². The SMILES string of the molecule is COc1ccc(C(O)=C2C(=O)C(=O)N(Cc3cccnc3)C2c2ccc(F)cc2)c(C)c1. The molecule has 1 aliphatic rings. The predicted octanol–water partition coefficient (Wildman–Crippen LogP) is 4.16. The standard InChI is InChI=1S/C25H21FN2O4/c1-15-12-19(32-2)9-10-20(15)23(29)21-22(17-5-7-18(26)8-6-17)28(25(31)24(21)30)14-16-4-3-11-27-13-16/h3-13,22,29H,14H2,1-2H3. The number of nitrogens with zero attached hydrogens (tertiary/aromatic N) is 2. The molecule has 1 atom stereocenters. The van der Waals surface area contributed by atoms with E-state index in [1.807, 2.05) is 0 Å². The Labute approximate surface area is 184 Å². The highest BCUT2D eigenvalue weighted by atomic mass is 19.1. The molecule has 0 bridgehead atoms. The van der Waals surface area contributed by atoms with E-state index in [9.17, 15) is 19.1 Å². The minimum absolute atomic E-state index is 0.0428. The number of halogens is 1. The van der Waals surface area contributed by atoms with E-state index in [-0.39, 0.29) is 17.9 Å². The first-order valence-electron chi connectivity index (χ1n) is 9.98. The molecule has 1 aromatic heterocycles. The minimum Gasteiger partial charge on any atom is -0.507 e. The van der Waals surface area contributed by atoms with Crippen molar-refractivity contribution < 1.29 is 23.8 Å². The molecule has 1 amide bonds. The summed E-state index contributed by atoms with van der Waals surface area (Å²) in [4.78, 5) is 31.5. The number of carbonyl (C=O) groups excluding carboxylic acids is 2. The molecule has 7 heteroatoms. The van der Waals surface area contributed by atoms with Crippen LogP contribution in [0.4, 0.5) is 4.39 Å². The number of hydrogen-bond donors (Lipinski definition) is 1. The lowest BCUT2D eigenvalue weighted by Crippen LogP contribution is -2.29. The first-order valence-corrected chi connectivity index (χ1v) is 9.98. The molecule has 3 aromatic rings. The number of ketones is 1. The van der Waals surface area contributed by atoms with Gasteiger partial charge in [-0.15, -0.1) is 0 Å². The van der Waals surface area contributed by atoms with Crippen molar-refractivity contribution >= 4 is 17.4 Å². The summed E-state index contributed by atoms with van der Waals surface area (Å²) in [5.74, 6) is -1.66. The fourth-order valence-electron chi connectivity index (χ4n) is 3.90. The third kappa shape index (κ3) is 3.85. The van der Waals surface area contributed by atoms with Gasteiger partial charge in [0.1, 0.15) is 17.3 Å². The van der Waals surface area contributed by atoms with Crippen LogP contribution in [0.3, 0.4) is 0 Å². The van der Waals surface area contributed by atoms with Crippen molar-refractivity contribution in [1.29, 1.82) is 0 Å². The molecule has 2 aromatic carbocycles. The summed E-state index contributed by atoms with van der Waals surface area (Å²) < 4.78 is 18.8. The van der Waals surface area contributed by atoms with Crippen LogP contribution < -0.4 is 4.74 Å². The van der Waals surface area contributed by atoms with Crippen molar-refractivity contribution in [1.82, 2.24) is 9.88 Å². The Morgan fingerprint density at radius 1 is 1.16 bits per heavy atom. The van der Waals surface area contributed by atoms with Crippen molar-refractivity contribution in [3.8, 4) is 5.75 Å². The number of aliphatic hydroxyl groups excluding tert-OH is 1. The van der Waals surface area contributed by atoms with Gasteiger partial charge in [0.05, 0.1) is 18.7 Å². The van der Waals surface area contributed by atoms with Gasteiger partial charge in [-0.2, -0.15) is 0 Å². The Balaban J connectivity index is 1.87. The number of methoxy groups -OCH3 is 1. The summed E-state index contributed by atoms with van der Waals surface area (Å²) in [5, 5.41) is 11.2. The van der Waals surface area contributed by atoms with E-state index in [0.29, 0.717) is 22.4 Å². The van der Waals surface area contributed by atoms with Gasteiger partial charge in [-0.1, -0.05) is 18.2 Å². The van der Waals surface area contributed by atoms with E-state index < -0.39 is 23.5 Å². The van der Waals surface area contributed by atoms with Gasteiger partial charge in [0, 0.05) is 24.5 Å². The van der Waals surface area contributed by atoms with E-state index >= 15 is 0 Å². The highest BCUT2D eigenvalue weighted by Gasteiger charge is 2.46. The molecular weight excluding hydrogens is 411 g/mol. The second kappa shape index (κ2) is 8.63. The number of aromatic nitrogens is 1. The summed E-state index contributed by atoms with van der Waals surface area (Å²) in [6.45, 7) is 1.88. The van der Waals surface area contributed by atoms with Crippen molar-refractivity contribution in [2.45, 2.75) is 19.5 Å². The van der Waals surface area contributed by atoms with E-state index in [1.54, 1.807) is 49.6 Å². The number of benzene rings is 2. The van der Waals surface area contributed by atoms with Crippen LogP contribution in [0.1, 0.15) is 28.3 Å². The number of carbonyl (C=O) groups is 2. The van der Waals surface area contributed by atoms with Crippen LogP contribution >= 0.6 is 0 Å². The average molecular weight is 432 g/mol. The number of ether oxygens (including phenoxy) is 1. The topological polar surface area (TPSA) is 79.7 Å². The molecule has 1 fully saturated rings. The Hall–Kier alpha value is -4.00. The predicted molar refractivity (Wildman–Crippen MR) is 116 cm³/mol. The number of aryl methyl sites for hydroxylation is 1. The summed E-state index contributed by atoms with van der Waals surface area (Å²) in [6, 6.07) is 13.2. The van der Waals surface area contributed by atoms with Gasteiger partial charge in [-0.3, -0.25) is 14.6 Å². The molecule has 0 radical (unpaired) electrons. The number of likely N-dealkylation sites (tertiary alicyclic amines) is 1. The fraction of sp³-hybridized carbons (Fsp3) is 0.160. The average Bonchev–Trinajstić information content (AvgIpc) is 3.04. The van der Waals surface area contributed by atoms with Gasteiger partial charge in [0.15, 0.2) is 0 Å². The number of amides is 1. The second-order valence-electron chi connectivity index (χ2n) is 7.52. The molecule has 1 N–H and O–H groups in total. The second-order valence-corrected chi connectivity index (χ2v) is 7.52. The van der Waals surface area contributed by atoms with E-state index in [2.05, 4.69) is 4.98 Å². The third-order valence-corrected chi connectivity index (χ3v) is 5.49. The van der Waals surface area contributed by atoms with Gasteiger partial charge in [0.2, 0.25) is 0 Å². The fourth-order valence-corrected chi connectivity index (χ4v) is 3.90. The Morgan fingerprint density at radius 2 is 1.91 bits per heavy atom. The monoisotopic (exact) mass is 432 g/mol. The summed E-state index contributed by atoms with van der Waals surface area (Å²) in [6.07, 6.45) is 3.22. The van der Waals surface area contributed by atoms with Crippen LogP contribution in [-0.2, 0) is 16.1 Å². The number of pyridine rings is 1. The van der Waals surface area contributed by atoms with Crippen molar-refractivity contribution in [3.63, 3.8) is 0 Å². The molecule has 0 aliphatic carbocycles. The minimum atomic E-state index is -0.877. The van der Waals surface area contributed by atoms with Crippen LogP contribution in [-0.4, -0.2) is 33.8 Å². The molecule has 1 saturated heterocycles. The van der Waals surface area contributed by atoms with Crippen LogP contribution in [0.5, 0.6) is 5.75 Å². The van der Waals surface area contributed by atoms with Crippen LogP contribution in [0.15, 0.2) is 72.6 Å². The molecule has 1 aliphatic heterocycles. The Bertz CT molecular complexity index is 1210. The molecule has 32 heavy (non-hydrogen) atoms. The number of hydrogen-bond acceptors (Lipinski definition) is 5. The Morgan fingerprint density at radius 3 is 2.53 bits per heavy atom. The van der Waals surface area contributed by atoms with E-state index in [4.69, 9.17) is 4.74 Å². The van der Waals surface area contributed by atoms with Crippen molar-refractivity contribution in [3.05, 3.63) is 101 Å². The lowest BCUT2D eigenvalue weighted by Gasteiger charge is -2.25. The lowest BCUT2D eigenvalue weighted by molar-refractivity contribution is -0.140. The summed E-state index contributed by atoms with van der Waals surface area (Å²) in [7, 11) is 1.53. The van der Waals surface area contributed by atoms with E-state index in [0.717, 1.165) is 5.56 Å². The first kappa shape index (κ1) is 21.2. The molecule has 162 valence electrons. The number of Topliss-reactive ketones (excluding diaryl/α,β-unsaturated/α-hetero) is 1. The van der Waals surface area contributed by atoms with Gasteiger partial charge in [0.25, 0.3) is 11.7 Å². The van der Waals surface area contributed by atoms with Crippen molar-refractivity contribution in [2.75, 3.05) is 7.11 Å². The van der Waals surface area contributed by atoms with Crippen molar-refractivity contribution in [2.24, 2.45) is 0 Å². The molecule has 1 unspecified atom stereocenters. The molecule has 0 saturated carbocycles.